The molecule has 0 bridgehead atoms. The molecule has 6 heteroatoms. The van der Waals surface area contributed by atoms with E-state index in [-0.39, 0.29) is 19.3 Å². The Labute approximate surface area is 157 Å². The number of amides is 1. The molecule has 0 saturated heterocycles. The van der Waals surface area contributed by atoms with Gasteiger partial charge in [0.1, 0.15) is 0 Å². The Balaban J connectivity index is 1.56. The third kappa shape index (κ3) is 4.76. The summed E-state index contributed by atoms with van der Waals surface area (Å²) in [6, 6.07) is 14.5. The van der Waals surface area contributed by atoms with Crippen LogP contribution in [0, 0.1) is 0 Å². The van der Waals surface area contributed by atoms with Gasteiger partial charge in [0.05, 0.1) is 0 Å². The Morgan fingerprint density at radius 3 is 2.67 bits per heavy atom. The SMILES string of the molecule is C=CCN(C(=O)COC(=O)/C=C/c1ccc2c(c1)OCO2)c1ccccc1. The van der Waals surface area contributed by atoms with Crippen molar-refractivity contribution < 1.29 is 23.8 Å². The molecule has 0 unspecified atom stereocenters. The number of nitrogens with zero attached hydrogens (tertiary/aromatic N) is 1. The second-order valence-corrected chi connectivity index (χ2v) is 5.68. The molecule has 6 nitrogen and oxygen atoms in total. The number of fused-ring (bicyclic) bond motifs is 1. The minimum Gasteiger partial charge on any atom is -0.454 e. The van der Waals surface area contributed by atoms with Crippen LogP contribution in [0.4, 0.5) is 5.69 Å². The molecule has 0 atom stereocenters. The van der Waals surface area contributed by atoms with Gasteiger partial charge in [-0.15, -0.1) is 6.58 Å². The summed E-state index contributed by atoms with van der Waals surface area (Å²) in [6.07, 6.45) is 4.48. The average molecular weight is 365 g/mol. The molecule has 2 aromatic carbocycles. The fourth-order valence-electron chi connectivity index (χ4n) is 2.53. The highest BCUT2D eigenvalue weighted by Crippen LogP contribution is 2.32. The first-order valence-electron chi connectivity index (χ1n) is 8.38. The molecule has 1 heterocycles. The van der Waals surface area contributed by atoms with Gasteiger partial charge >= 0.3 is 5.97 Å². The summed E-state index contributed by atoms with van der Waals surface area (Å²) in [7, 11) is 0. The van der Waals surface area contributed by atoms with Crippen LogP contribution in [0.2, 0.25) is 0 Å². The number of para-hydroxylation sites is 1. The van der Waals surface area contributed by atoms with Gasteiger partial charge in [0, 0.05) is 18.3 Å². The van der Waals surface area contributed by atoms with Crippen LogP contribution in [0.3, 0.4) is 0 Å². The highest BCUT2D eigenvalue weighted by Gasteiger charge is 2.16. The van der Waals surface area contributed by atoms with Crippen molar-refractivity contribution in [1.29, 1.82) is 0 Å². The molecule has 0 saturated carbocycles. The zero-order chi connectivity index (χ0) is 19.1. The summed E-state index contributed by atoms with van der Waals surface area (Å²) in [5.74, 6) is 0.366. The Kier molecular flexibility index (Phi) is 5.89. The lowest BCUT2D eigenvalue weighted by atomic mass is 10.2. The largest absolute Gasteiger partial charge is 0.454 e. The van der Waals surface area contributed by atoms with Crippen molar-refractivity contribution in [1.82, 2.24) is 0 Å². The molecule has 1 aliphatic heterocycles. The van der Waals surface area contributed by atoms with Gasteiger partial charge in [0.2, 0.25) is 6.79 Å². The molecule has 0 fully saturated rings. The van der Waals surface area contributed by atoms with Gasteiger partial charge in [-0.3, -0.25) is 4.79 Å². The van der Waals surface area contributed by atoms with E-state index in [0.717, 1.165) is 5.56 Å². The van der Waals surface area contributed by atoms with Crippen molar-refractivity contribution in [3.05, 3.63) is 72.8 Å². The second-order valence-electron chi connectivity index (χ2n) is 5.68. The van der Waals surface area contributed by atoms with Crippen molar-refractivity contribution in [2.75, 3.05) is 24.8 Å². The predicted molar refractivity (Wildman–Crippen MR) is 102 cm³/mol. The number of benzene rings is 2. The maximum Gasteiger partial charge on any atom is 0.331 e. The van der Waals surface area contributed by atoms with Crippen molar-refractivity contribution in [3.8, 4) is 11.5 Å². The molecule has 0 radical (unpaired) electrons. The lowest BCUT2D eigenvalue weighted by Gasteiger charge is -2.20. The van der Waals surface area contributed by atoms with E-state index < -0.39 is 5.97 Å². The fraction of sp³-hybridized carbons (Fsp3) is 0.143. The van der Waals surface area contributed by atoms with E-state index in [1.54, 1.807) is 30.4 Å². The van der Waals surface area contributed by atoms with Crippen LogP contribution in [0.5, 0.6) is 11.5 Å². The minimum atomic E-state index is -0.604. The van der Waals surface area contributed by atoms with E-state index in [0.29, 0.717) is 23.7 Å². The van der Waals surface area contributed by atoms with E-state index >= 15 is 0 Å². The quantitative estimate of drug-likeness (QED) is 0.428. The highest BCUT2D eigenvalue weighted by atomic mass is 16.7. The van der Waals surface area contributed by atoms with Gasteiger partial charge < -0.3 is 19.1 Å². The van der Waals surface area contributed by atoms with Crippen LogP contribution in [0.25, 0.3) is 6.08 Å². The van der Waals surface area contributed by atoms with E-state index in [1.807, 2.05) is 30.3 Å². The van der Waals surface area contributed by atoms with Crippen LogP contribution >= 0.6 is 0 Å². The summed E-state index contributed by atoms with van der Waals surface area (Å²) in [5.41, 5.74) is 1.48. The molecule has 138 valence electrons. The van der Waals surface area contributed by atoms with Gasteiger partial charge in [-0.2, -0.15) is 0 Å². The Hall–Kier alpha value is -3.54. The van der Waals surface area contributed by atoms with E-state index in [1.165, 1.54) is 11.0 Å². The van der Waals surface area contributed by atoms with Gasteiger partial charge in [0.15, 0.2) is 18.1 Å². The lowest BCUT2D eigenvalue weighted by molar-refractivity contribution is -0.142. The van der Waals surface area contributed by atoms with Crippen molar-refractivity contribution in [2.24, 2.45) is 0 Å². The first-order chi connectivity index (χ1) is 13.2. The summed E-state index contributed by atoms with van der Waals surface area (Å²) in [4.78, 5) is 25.8. The Morgan fingerprint density at radius 1 is 1.11 bits per heavy atom. The number of ether oxygens (including phenoxy) is 3. The molecule has 2 aromatic rings. The van der Waals surface area contributed by atoms with Crippen molar-refractivity contribution >= 4 is 23.6 Å². The zero-order valence-electron chi connectivity index (χ0n) is 14.7. The van der Waals surface area contributed by atoms with E-state index in [4.69, 9.17) is 14.2 Å². The van der Waals surface area contributed by atoms with Gasteiger partial charge in [-0.1, -0.05) is 30.3 Å². The van der Waals surface area contributed by atoms with E-state index in [2.05, 4.69) is 6.58 Å². The maximum atomic E-state index is 12.4. The lowest BCUT2D eigenvalue weighted by Crippen LogP contribution is -2.34. The molecule has 27 heavy (non-hydrogen) atoms. The molecule has 0 spiro atoms. The van der Waals surface area contributed by atoms with Crippen LogP contribution in [0.1, 0.15) is 5.56 Å². The molecule has 0 aliphatic carbocycles. The van der Waals surface area contributed by atoms with Crippen molar-refractivity contribution in [3.63, 3.8) is 0 Å². The van der Waals surface area contributed by atoms with Gasteiger partial charge in [-0.05, 0) is 35.9 Å². The van der Waals surface area contributed by atoms with Crippen LogP contribution in [0.15, 0.2) is 67.3 Å². The number of esters is 1. The molecule has 3 rings (SSSR count). The third-order valence-electron chi connectivity index (χ3n) is 3.83. The summed E-state index contributed by atoms with van der Waals surface area (Å²) >= 11 is 0. The molecular weight excluding hydrogens is 346 g/mol. The fourth-order valence-corrected chi connectivity index (χ4v) is 2.53. The molecule has 1 amide bonds. The Bertz CT molecular complexity index is 860. The number of hydrogen-bond donors (Lipinski definition) is 0. The molecular formula is C21H19NO5. The molecule has 1 aliphatic rings. The number of anilines is 1. The summed E-state index contributed by atoms with van der Waals surface area (Å²) in [5, 5.41) is 0. The summed E-state index contributed by atoms with van der Waals surface area (Å²) in [6.45, 7) is 3.82. The number of hydrogen-bond acceptors (Lipinski definition) is 5. The first kappa shape index (κ1) is 18.3. The highest BCUT2D eigenvalue weighted by molar-refractivity contribution is 5.96. The molecule has 0 N–H and O–H groups in total. The van der Waals surface area contributed by atoms with Crippen LogP contribution in [-0.2, 0) is 14.3 Å². The normalized spacial score (nSPS) is 12.0. The van der Waals surface area contributed by atoms with Crippen LogP contribution < -0.4 is 14.4 Å². The number of carbonyl (C=O) groups is 2. The van der Waals surface area contributed by atoms with E-state index in [9.17, 15) is 9.59 Å². The number of carbonyl (C=O) groups excluding carboxylic acids is 2. The summed E-state index contributed by atoms with van der Waals surface area (Å²) < 4.78 is 15.6. The average Bonchev–Trinajstić information content (AvgIpc) is 3.17. The predicted octanol–water partition coefficient (Wildman–Crippen LogP) is 3.19. The second kappa shape index (κ2) is 8.71. The maximum absolute atomic E-state index is 12.4. The van der Waals surface area contributed by atoms with Gasteiger partial charge in [-0.25, -0.2) is 4.79 Å². The number of rotatable bonds is 7. The van der Waals surface area contributed by atoms with Crippen molar-refractivity contribution in [2.45, 2.75) is 0 Å². The third-order valence-corrected chi connectivity index (χ3v) is 3.83. The topological polar surface area (TPSA) is 65.1 Å². The van der Waals surface area contributed by atoms with Crippen LogP contribution in [-0.4, -0.2) is 31.8 Å². The molecule has 0 aromatic heterocycles. The Morgan fingerprint density at radius 2 is 1.89 bits per heavy atom. The van der Waals surface area contributed by atoms with Gasteiger partial charge in [0.25, 0.3) is 5.91 Å². The minimum absolute atomic E-state index is 0.190. The monoisotopic (exact) mass is 365 g/mol. The smallest absolute Gasteiger partial charge is 0.331 e. The zero-order valence-corrected chi connectivity index (χ0v) is 14.7. The first-order valence-corrected chi connectivity index (χ1v) is 8.38. The standard InChI is InChI=1S/C21H19NO5/c1-2-12-22(17-6-4-3-5-7-17)20(23)14-25-21(24)11-9-16-8-10-18-19(13-16)27-15-26-18/h2-11,13H,1,12,14-15H2/b11-9+.